The van der Waals surface area contributed by atoms with Crippen LogP contribution in [0.3, 0.4) is 0 Å². The van der Waals surface area contributed by atoms with Crippen molar-refractivity contribution in [2.24, 2.45) is 5.41 Å². The van der Waals surface area contributed by atoms with Crippen LogP contribution in [0.4, 0.5) is 0 Å². The Hall–Kier alpha value is -1.01. The van der Waals surface area contributed by atoms with E-state index in [-0.39, 0.29) is 23.5 Å². The van der Waals surface area contributed by atoms with Crippen LogP contribution in [0.1, 0.15) is 36.9 Å². The van der Waals surface area contributed by atoms with Crippen LogP contribution in [-0.2, 0) is 4.74 Å². The Morgan fingerprint density at radius 3 is 3.00 bits per heavy atom. The van der Waals surface area contributed by atoms with Crippen molar-refractivity contribution in [3.05, 3.63) is 11.1 Å². The average Bonchev–Trinajstić information content (AvgIpc) is 2.81. The summed E-state index contributed by atoms with van der Waals surface area (Å²) in [5.74, 6) is -0.0898. The second kappa shape index (κ2) is 4.70. The van der Waals surface area contributed by atoms with Crippen molar-refractivity contribution >= 4 is 17.4 Å². The quantitative estimate of drug-likeness (QED) is 0.885. The zero-order valence-corrected chi connectivity index (χ0v) is 11.1. The van der Waals surface area contributed by atoms with Gasteiger partial charge >= 0.3 is 0 Å². The predicted molar refractivity (Wildman–Crippen MR) is 65.0 cm³/mol. The zero-order chi connectivity index (χ0) is 12.5. The van der Waals surface area contributed by atoms with Gasteiger partial charge in [0.2, 0.25) is 0 Å². The van der Waals surface area contributed by atoms with Gasteiger partial charge in [-0.05, 0) is 24.9 Å². The first kappa shape index (κ1) is 12.4. The molecule has 1 aliphatic rings. The molecule has 1 aromatic rings. The van der Waals surface area contributed by atoms with Crippen LogP contribution in [0.15, 0.2) is 6.20 Å². The molecule has 5 nitrogen and oxygen atoms in total. The summed E-state index contributed by atoms with van der Waals surface area (Å²) in [6.07, 6.45) is 2.60. The van der Waals surface area contributed by atoms with E-state index in [1.54, 1.807) is 0 Å². The van der Waals surface area contributed by atoms with E-state index in [1.807, 2.05) is 6.92 Å². The number of hydrogen-bond donors (Lipinski definition) is 1. The number of carbonyl (C=O) groups excluding carboxylic acids is 1. The lowest BCUT2D eigenvalue weighted by atomic mass is 9.64. The van der Waals surface area contributed by atoms with E-state index in [1.165, 1.54) is 6.20 Å². The van der Waals surface area contributed by atoms with E-state index in [9.17, 15) is 4.79 Å². The fourth-order valence-corrected chi connectivity index (χ4v) is 2.53. The van der Waals surface area contributed by atoms with E-state index >= 15 is 0 Å². The number of ether oxygens (including phenoxy) is 1. The molecule has 94 valence electrons. The van der Waals surface area contributed by atoms with Crippen molar-refractivity contribution in [3.63, 3.8) is 0 Å². The first-order valence-corrected chi connectivity index (χ1v) is 6.53. The second-order valence-corrected chi connectivity index (χ2v) is 5.59. The fourth-order valence-electron chi connectivity index (χ4n) is 2.11. The second-order valence-electron chi connectivity index (χ2n) is 4.81. The van der Waals surface area contributed by atoms with Crippen LogP contribution in [0.5, 0.6) is 0 Å². The molecule has 0 aromatic carbocycles. The minimum atomic E-state index is -0.0898. The summed E-state index contributed by atoms with van der Waals surface area (Å²) in [6.45, 7) is 6.94. The Kier molecular flexibility index (Phi) is 3.44. The molecule has 0 spiro atoms. The molecule has 6 heteroatoms. The summed E-state index contributed by atoms with van der Waals surface area (Å²) in [6, 6.07) is 0.161. The van der Waals surface area contributed by atoms with E-state index in [0.717, 1.165) is 18.0 Å². The number of hydrogen-bond acceptors (Lipinski definition) is 5. The lowest BCUT2D eigenvalue weighted by Gasteiger charge is -2.51. The maximum atomic E-state index is 11.8. The SMILES string of the molecule is CCO[C@@H]1C[C@@H](NC(=O)c2cnns2)C1(C)C. The Balaban J connectivity index is 1.92. The molecule has 1 N–H and O–H groups in total. The Labute approximate surface area is 105 Å². The molecule has 1 aromatic heterocycles. The topological polar surface area (TPSA) is 64.1 Å². The highest BCUT2D eigenvalue weighted by atomic mass is 32.1. The van der Waals surface area contributed by atoms with Crippen molar-refractivity contribution in [2.45, 2.75) is 39.3 Å². The normalized spacial score (nSPS) is 26.3. The summed E-state index contributed by atoms with van der Waals surface area (Å²) < 4.78 is 9.30. The van der Waals surface area contributed by atoms with Crippen LogP contribution in [0.2, 0.25) is 0 Å². The van der Waals surface area contributed by atoms with Crippen LogP contribution in [-0.4, -0.2) is 34.2 Å². The largest absolute Gasteiger partial charge is 0.378 e. The summed E-state index contributed by atoms with van der Waals surface area (Å²) in [5.41, 5.74) is -0.0101. The number of nitrogens with one attached hydrogen (secondary N) is 1. The van der Waals surface area contributed by atoms with E-state index in [0.29, 0.717) is 11.5 Å². The summed E-state index contributed by atoms with van der Waals surface area (Å²) in [5, 5.41) is 6.67. The third-order valence-corrected chi connectivity index (χ3v) is 4.10. The molecule has 2 atom stereocenters. The molecule has 17 heavy (non-hydrogen) atoms. The van der Waals surface area contributed by atoms with Crippen molar-refractivity contribution in [2.75, 3.05) is 6.61 Å². The Morgan fingerprint density at radius 2 is 2.47 bits per heavy atom. The average molecular weight is 255 g/mol. The first-order valence-electron chi connectivity index (χ1n) is 5.75. The molecule has 2 rings (SSSR count). The van der Waals surface area contributed by atoms with Crippen molar-refractivity contribution in [3.8, 4) is 0 Å². The number of nitrogens with zero attached hydrogens (tertiary/aromatic N) is 2. The maximum absolute atomic E-state index is 11.8. The third-order valence-electron chi connectivity index (χ3n) is 3.44. The minimum Gasteiger partial charge on any atom is -0.378 e. The minimum absolute atomic E-state index is 0.0101. The molecule has 1 saturated carbocycles. The highest BCUT2D eigenvalue weighted by Crippen LogP contribution is 2.42. The number of aromatic nitrogens is 2. The molecule has 0 bridgehead atoms. The predicted octanol–water partition coefficient (Wildman–Crippen LogP) is 1.47. The van der Waals surface area contributed by atoms with Crippen LogP contribution >= 0.6 is 11.5 Å². The van der Waals surface area contributed by atoms with Gasteiger partial charge in [0.1, 0.15) is 4.88 Å². The Bertz CT molecular complexity index is 391. The van der Waals surface area contributed by atoms with Crippen molar-refractivity contribution < 1.29 is 9.53 Å². The lowest BCUT2D eigenvalue weighted by Crippen LogP contribution is -2.62. The number of rotatable bonds is 4. The van der Waals surface area contributed by atoms with E-state index in [4.69, 9.17) is 4.74 Å². The van der Waals surface area contributed by atoms with Gasteiger partial charge in [-0.1, -0.05) is 18.3 Å². The molecular formula is C11H17N3O2S. The molecule has 0 aliphatic heterocycles. The molecule has 0 unspecified atom stereocenters. The standard InChI is InChI=1S/C11H17N3O2S/c1-4-16-9-5-8(11(9,2)3)13-10(15)7-6-12-14-17-7/h6,8-9H,4-5H2,1-3H3,(H,13,15)/t8-,9-/m1/s1. The van der Waals surface area contributed by atoms with E-state index < -0.39 is 0 Å². The van der Waals surface area contributed by atoms with Gasteiger partial charge in [0.15, 0.2) is 0 Å². The van der Waals surface area contributed by atoms with Crippen LogP contribution in [0, 0.1) is 5.41 Å². The van der Waals surface area contributed by atoms with Gasteiger partial charge in [-0.15, -0.1) is 5.10 Å². The summed E-state index contributed by atoms with van der Waals surface area (Å²) >= 11 is 1.11. The summed E-state index contributed by atoms with van der Waals surface area (Å²) in [7, 11) is 0. The number of amides is 1. The van der Waals surface area contributed by atoms with Crippen LogP contribution < -0.4 is 5.32 Å². The van der Waals surface area contributed by atoms with Gasteiger partial charge < -0.3 is 10.1 Å². The van der Waals surface area contributed by atoms with Crippen molar-refractivity contribution in [1.82, 2.24) is 14.9 Å². The molecule has 0 radical (unpaired) electrons. The molecule has 0 saturated heterocycles. The molecular weight excluding hydrogens is 238 g/mol. The molecule has 1 heterocycles. The maximum Gasteiger partial charge on any atom is 0.264 e. The van der Waals surface area contributed by atoms with Crippen molar-refractivity contribution in [1.29, 1.82) is 0 Å². The van der Waals surface area contributed by atoms with Gasteiger partial charge in [-0.2, -0.15) is 0 Å². The molecule has 1 fully saturated rings. The monoisotopic (exact) mass is 255 g/mol. The highest BCUT2D eigenvalue weighted by molar-refractivity contribution is 7.07. The third kappa shape index (κ3) is 2.32. The molecule has 1 amide bonds. The van der Waals surface area contributed by atoms with Gasteiger partial charge in [0.25, 0.3) is 5.91 Å². The van der Waals surface area contributed by atoms with Gasteiger partial charge in [-0.3, -0.25) is 4.79 Å². The highest BCUT2D eigenvalue weighted by Gasteiger charge is 2.49. The zero-order valence-electron chi connectivity index (χ0n) is 10.3. The van der Waals surface area contributed by atoms with Gasteiger partial charge in [-0.25, -0.2) is 0 Å². The Morgan fingerprint density at radius 1 is 1.71 bits per heavy atom. The fraction of sp³-hybridized carbons (Fsp3) is 0.727. The molecule has 1 aliphatic carbocycles. The van der Waals surface area contributed by atoms with E-state index in [2.05, 4.69) is 28.8 Å². The van der Waals surface area contributed by atoms with Gasteiger partial charge in [0.05, 0.1) is 12.3 Å². The van der Waals surface area contributed by atoms with Crippen LogP contribution in [0.25, 0.3) is 0 Å². The lowest BCUT2D eigenvalue weighted by molar-refractivity contribution is -0.111. The first-order chi connectivity index (χ1) is 8.05. The smallest absolute Gasteiger partial charge is 0.264 e. The van der Waals surface area contributed by atoms with Gasteiger partial charge in [0, 0.05) is 18.1 Å². The summed E-state index contributed by atoms with van der Waals surface area (Å²) in [4.78, 5) is 12.4. The number of carbonyl (C=O) groups is 1.